The summed E-state index contributed by atoms with van der Waals surface area (Å²) in [6.07, 6.45) is 0.760. The number of rotatable bonds is 2. The number of benzene rings is 2. The van der Waals surface area contributed by atoms with Gasteiger partial charge in [-0.25, -0.2) is 0 Å². The zero-order valence-electron chi connectivity index (χ0n) is 7.92. The molecule has 3 nitrogen and oxygen atoms in total. The van der Waals surface area contributed by atoms with Gasteiger partial charge in [-0.1, -0.05) is 36.4 Å². The molecule has 0 aliphatic carbocycles. The first-order valence-corrected chi connectivity index (χ1v) is 4.57. The van der Waals surface area contributed by atoms with E-state index in [9.17, 15) is 4.79 Å². The molecule has 0 aromatic heterocycles. The van der Waals surface area contributed by atoms with Gasteiger partial charge in [0, 0.05) is 5.56 Å². The van der Waals surface area contributed by atoms with E-state index < -0.39 is 7.12 Å². The van der Waals surface area contributed by atoms with Gasteiger partial charge in [-0.3, -0.25) is 4.79 Å². The number of carbonyl (C=O) groups is 1. The van der Waals surface area contributed by atoms with E-state index in [0.717, 1.165) is 11.7 Å². The summed E-state index contributed by atoms with van der Waals surface area (Å²) in [6.45, 7) is 0. The molecule has 0 fully saturated rings. The summed E-state index contributed by atoms with van der Waals surface area (Å²) in [5.41, 5.74) is 0.964. The normalized spacial score (nSPS) is 10.3. The van der Waals surface area contributed by atoms with E-state index in [4.69, 9.17) is 10.0 Å². The first-order chi connectivity index (χ1) is 7.24. The van der Waals surface area contributed by atoms with E-state index in [0.29, 0.717) is 16.4 Å². The van der Waals surface area contributed by atoms with E-state index in [1.165, 1.54) is 0 Å². The van der Waals surface area contributed by atoms with Gasteiger partial charge < -0.3 is 10.0 Å². The number of hydrogen-bond acceptors (Lipinski definition) is 3. The zero-order chi connectivity index (χ0) is 10.8. The van der Waals surface area contributed by atoms with Gasteiger partial charge in [0.1, 0.15) is 0 Å². The highest BCUT2D eigenvalue weighted by atomic mass is 16.4. The van der Waals surface area contributed by atoms with Gasteiger partial charge in [-0.15, -0.1) is 0 Å². The van der Waals surface area contributed by atoms with Crippen LogP contribution in [0, 0.1) is 0 Å². The summed E-state index contributed by atoms with van der Waals surface area (Å²) in [5.74, 6) is 0. The fraction of sp³-hybridized carbons (Fsp3) is 0. The summed E-state index contributed by atoms with van der Waals surface area (Å²) in [4.78, 5) is 10.8. The number of carbonyl (C=O) groups excluding carboxylic acids is 1. The summed E-state index contributed by atoms with van der Waals surface area (Å²) >= 11 is 0. The van der Waals surface area contributed by atoms with Gasteiger partial charge in [0.25, 0.3) is 0 Å². The first kappa shape index (κ1) is 9.89. The van der Waals surface area contributed by atoms with Crippen LogP contribution in [-0.4, -0.2) is 23.5 Å². The van der Waals surface area contributed by atoms with Crippen molar-refractivity contribution in [2.45, 2.75) is 0 Å². The molecule has 0 unspecified atom stereocenters. The Labute approximate surface area is 87.1 Å². The van der Waals surface area contributed by atoms with Crippen molar-refractivity contribution in [1.29, 1.82) is 0 Å². The molecule has 74 valence electrons. The lowest BCUT2D eigenvalue weighted by molar-refractivity contribution is 0.112. The van der Waals surface area contributed by atoms with Crippen molar-refractivity contribution in [3.8, 4) is 0 Å². The number of fused-ring (bicyclic) bond motifs is 1. The standard InChI is InChI=1S/C11H9BO3/c13-7-8-3-1-5-10-9(8)4-2-6-11(10)12(14)15/h1-7,14-15H. The molecule has 0 bridgehead atoms. The topological polar surface area (TPSA) is 57.5 Å². The molecule has 0 saturated carbocycles. The Bertz CT molecular complexity index is 508. The van der Waals surface area contributed by atoms with Crippen molar-refractivity contribution >= 4 is 29.6 Å². The molecule has 2 aromatic carbocycles. The second kappa shape index (κ2) is 3.84. The van der Waals surface area contributed by atoms with Crippen LogP contribution in [0.4, 0.5) is 0 Å². The summed E-state index contributed by atoms with van der Waals surface area (Å²) in [7, 11) is -1.52. The average Bonchev–Trinajstić information content (AvgIpc) is 2.27. The second-order valence-electron chi connectivity index (χ2n) is 3.28. The molecule has 0 atom stereocenters. The minimum Gasteiger partial charge on any atom is -0.423 e. The molecule has 0 saturated heterocycles. The largest absolute Gasteiger partial charge is 0.489 e. The van der Waals surface area contributed by atoms with Crippen LogP contribution in [0.5, 0.6) is 0 Å². The third-order valence-corrected chi connectivity index (χ3v) is 2.39. The molecule has 0 heterocycles. The van der Waals surface area contributed by atoms with Crippen LogP contribution in [0.15, 0.2) is 36.4 Å². The molecular weight excluding hydrogens is 191 g/mol. The van der Waals surface area contributed by atoms with Crippen LogP contribution >= 0.6 is 0 Å². The Kier molecular flexibility index (Phi) is 2.54. The minimum absolute atomic E-state index is 0.413. The molecule has 15 heavy (non-hydrogen) atoms. The van der Waals surface area contributed by atoms with Crippen LogP contribution in [-0.2, 0) is 0 Å². The monoisotopic (exact) mass is 200 g/mol. The summed E-state index contributed by atoms with van der Waals surface area (Å²) < 4.78 is 0. The fourth-order valence-electron chi connectivity index (χ4n) is 1.69. The third-order valence-electron chi connectivity index (χ3n) is 2.39. The van der Waals surface area contributed by atoms with Crippen molar-refractivity contribution < 1.29 is 14.8 Å². The molecular formula is C11H9BO3. The predicted molar refractivity (Wildman–Crippen MR) is 59.2 cm³/mol. The van der Waals surface area contributed by atoms with Crippen molar-refractivity contribution in [2.75, 3.05) is 0 Å². The van der Waals surface area contributed by atoms with Crippen LogP contribution in [0.2, 0.25) is 0 Å². The smallest absolute Gasteiger partial charge is 0.423 e. The predicted octanol–water partition coefficient (Wildman–Crippen LogP) is 0.332. The van der Waals surface area contributed by atoms with Crippen LogP contribution in [0.1, 0.15) is 10.4 Å². The highest BCUT2D eigenvalue weighted by Gasteiger charge is 2.14. The van der Waals surface area contributed by atoms with E-state index >= 15 is 0 Å². The SMILES string of the molecule is O=Cc1cccc2c(B(O)O)cccc12. The molecule has 2 rings (SSSR count). The zero-order valence-corrected chi connectivity index (χ0v) is 7.92. The lowest BCUT2D eigenvalue weighted by atomic mass is 9.77. The van der Waals surface area contributed by atoms with Crippen molar-refractivity contribution in [3.05, 3.63) is 42.0 Å². The molecule has 2 aromatic rings. The minimum atomic E-state index is -1.52. The maximum Gasteiger partial charge on any atom is 0.489 e. The molecule has 0 aliphatic rings. The van der Waals surface area contributed by atoms with Crippen LogP contribution < -0.4 is 5.46 Å². The quantitative estimate of drug-likeness (QED) is 0.542. The Morgan fingerprint density at radius 2 is 1.67 bits per heavy atom. The summed E-state index contributed by atoms with van der Waals surface area (Å²) in [6, 6.07) is 10.3. The number of hydrogen-bond donors (Lipinski definition) is 2. The highest BCUT2D eigenvalue weighted by Crippen LogP contribution is 2.15. The van der Waals surface area contributed by atoms with Gasteiger partial charge in [0.05, 0.1) is 0 Å². The van der Waals surface area contributed by atoms with Gasteiger partial charge in [0.2, 0.25) is 0 Å². The third kappa shape index (κ3) is 1.65. The Morgan fingerprint density at radius 1 is 1.00 bits per heavy atom. The first-order valence-electron chi connectivity index (χ1n) is 4.57. The average molecular weight is 200 g/mol. The lowest BCUT2D eigenvalue weighted by Gasteiger charge is -2.06. The molecule has 0 aliphatic heterocycles. The van der Waals surface area contributed by atoms with Gasteiger partial charge >= 0.3 is 7.12 Å². The van der Waals surface area contributed by atoms with Crippen molar-refractivity contribution in [2.24, 2.45) is 0 Å². The van der Waals surface area contributed by atoms with E-state index in [2.05, 4.69) is 0 Å². The van der Waals surface area contributed by atoms with Crippen molar-refractivity contribution in [3.63, 3.8) is 0 Å². The van der Waals surface area contributed by atoms with E-state index in [1.54, 1.807) is 36.4 Å². The fourth-order valence-corrected chi connectivity index (χ4v) is 1.69. The maximum atomic E-state index is 10.8. The number of aldehydes is 1. The Hall–Kier alpha value is -1.65. The molecule has 2 N–H and O–H groups in total. The van der Waals surface area contributed by atoms with Crippen LogP contribution in [0.25, 0.3) is 10.8 Å². The lowest BCUT2D eigenvalue weighted by Crippen LogP contribution is -2.30. The second-order valence-corrected chi connectivity index (χ2v) is 3.28. The van der Waals surface area contributed by atoms with Gasteiger partial charge in [0.15, 0.2) is 6.29 Å². The van der Waals surface area contributed by atoms with E-state index in [1.807, 2.05) is 0 Å². The Morgan fingerprint density at radius 3 is 2.33 bits per heavy atom. The molecule has 4 heteroatoms. The van der Waals surface area contributed by atoms with Crippen LogP contribution in [0.3, 0.4) is 0 Å². The molecule has 0 spiro atoms. The van der Waals surface area contributed by atoms with Gasteiger partial charge in [-0.2, -0.15) is 0 Å². The van der Waals surface area contributed by atoms with E-state index in [-0.39, 0.29) is 0 Å². The molecule has 0 amide bonds. The van der Waals surface area contributed by atoms with Crippen molar-refractivity contribution in [1.82, 2.24) is 0 Å². The Balaban J connectivity index is 2.82. The maximum absolute atomic E-state index is 10.8. The summed E-state index contributed by atoms with van der Waals surface area (Å²) in [5, 5.41) is 19.7. The highest BCUT2D eigenvalue weighted by molar-refractivity contribution is 6.62. The molecule has 0 radical (unpaired) electrons. The van der Waals surface area contributed by atoms with Gasteiger partial charge in [-0.05, 0) is 16.2 Å².